The maximum Gasteiger partial charge on any atom is 0.0623 e. The lowest BCUT2D eigenvalue weighted by molar-refractivity contribution is 0.00549. The molecule has 104 valence electrons. The van der Waals surface area contributed by atoms with Crippen molar-refractivity contribution in [3.05, 3.63) is 29.3 Å². The third-order valence-corrected chi connectivity index (χ3v) is 4.91. The monoisotopic (exact) mass is 280 g/mol. The van der Waals surface area contributed by atoms with Crippen LogP contribution in [0.2, 0.25) is 0 Å². The van der Waals surface area contributed by atoms with Gasteiger partial charge in [0.1, 0.15) is 0 Å². The van der Waals surface area contributed by atoms with Crippen LogP contribution in [0.15, 0.2) is 23.1 Å². The van der Waals surface area contributed by atoms with Crippen LogP contribution >= 0.6 is 0 Å². The molecule has 5 heteroatoms. The molecule has 2 unspecified atom stereocenters. The minimum absolute atomic E-state index is 0.154. The van der Waals surface area contributed by atoms with E-state index in [1.54, 1.807) is 6.26 Å². The first kappa shape index (κ1) is 13.2. The first-order valence-electron chi connectivity index (χ1n) is 6.66. The fraction of sp³-hybridized carbons (Fsp3) is 0.571. The Bertz CT molecular complexity index is 506. The van der Waals surface area contributed by atoms with Crippen molar-refractivity contribution in [1.29, 1.82) is 0 Å². The minimum Gasteiger partial charge on any atom is -0.378 e. The summed E-state index contributed by atoms with van der Waals surface area (Å²) in [6.45, 7) is 3.32. The van der Waals surface area contributed by atoms with E-state index in [-0.39, 0.29) is 6.04 Å². The lowest BCUT2D eigenvalue weighted by atomic mass is 10.1. The van der Waals surface area contributed by atoms with Gasteiger partial charge < -0.3 is 10.5 Å². The maximum absolute atomic E-state index is 11.5. The van der Waals surface area contributed by atoms with Gasteiger partial charge in [0.25, 0.3) is 0 Å². The smallest absolute Gasteiger partial charge is 0.0623 e. The largest absolute Gasteiger partial charge is 0.378 e. The molecule has 19 heavy (non-hydrogen) atoms. The molecule has 0 aliphatic carbocycles. The Morgan fingerprint density at radius 3 is 2.84 bits per heavy atom. The molecule has 0 aromatic heterocycles. The zero-order valence-corrected chi connectivity index (χ0v) is 12.0. The number of hydrogen-bond acceptors (Lipinski definition) is 4. The average Bonchev–Trinajstić information content (AvgIpc) is 2.81. The highest BCUT2D eigenvalue weighted by atomic mass is 32.2. The molecule has 3 atom stereocenters. The molecule has 1 fully saturated rings. The van der Waals surface area contributed by atoms with Crippen molar-refractivity contribution in [3.63, 3.8) is 0 Å². The number of nitrogens with two attached hydrogens (primary N) is 1. The number of benzene rings is 1. The van der Waals surface area contributed by atoms with Gasteiger partial charge in [-0.2, -0.15) is 0 Å². The van der Waals surface area contributed by atoms with Crippen molar-refractivity contribution in [2.75, 3.05) is 19.5 Å². The van der Waals surface area contributed by atoms with E-state index < -0.39 is 10.8 Å². The van der Waals surface area contributed by atoms with Crippen molar-refractivity contribution >= 4 is 10.8 Å². The average molecular weight is 280 g/mol. The Labute approximate surface area is 116 Å². The second-order valence-corrected chi connectivity index (χ2v) is 6.86. The molecule has 0 bridgehead atoms. The van der Waals surface area contributed by atoms with Gasteiger partial charge in [-0.3, -0.25) is 9.11 Å². The summed E-state index contributed by atoms with van der Waals surface area (Å²) in [5.74, 6) is 0. The zero-order chi connectivity index (χ0) is 13.4. The van der Waals surface area contributed by atoms with Crippen LogP contribution in [0, 0.1) is 0 Å². The summed E-state index contributed by atoms with van der Waals surface area (Å²) in [7, 11) is -0.906. The summed E-state index contributed by atoms with van der Waals surface area (Å²) in [6, 6.07) is 6.72. The molecule has 0 radical (unpaired) electrons. The number of rotatable bonds is 2. The summed E-state index contributed by atoms with van der Waals surface area (Å²) >= 11 is 0. The van der Waals surface area contributed by atoms with Gasteiger partial charge in [-0.15, -0.1) is 0 Å². The van der Waals surface area contributed by atoms with Gasteiger partial charge >= 0.3 is 0 Å². The molecule has 0 saturated carbocycles. The molecule has 3 rings (SSSR count). The topological polar surface area (TPSA) is 55.6 Å². The van der Waals surface area contributed by atoms with Crippen LogP contribution in [-0.2, 0) is 28.6 Å². The Balaban J connectivity index is 1.74. The van der Waals surface area contributed by atoms with Crippen LogP contribution in [0.5, 0.6) is 0 Å². The summed E-state index contributed by atoms with van der Waals surface area (Å²) in [4.78, 5) is 3.34. The normalized spacial score (nSPS) is 29.2. The maximum atomic E-state index is 11.5. The van der Waals surface area contributed by atoms with Gasteiger partial charge in [0.2, 0.25) is 0 Å². The number of fused-ring (bicyclic) bond motifs is 1. The van der Waals surface area contributed by atoms with E-state index in [4.69, 9.17) is 10.5 Å². The van der Waals surface area contributed by atoms with Crippen LogP contribution < -0.4 is 5.73 Å². The van der Waals surface area contributed by atoms with Crippen molar-refractivity contribution < 1.29 is 8.95 Å². The van der Waals surface area contributed by atoms with Crippen molar-refractivity contribution in [2.45, 2.75) is 36.5 Å². The van der Waals surface area contributed by atoms with E-state index in [2.05, 4.69) is 17.0 Å². The molecule has 2 aliphatic rings. The van der Waals surface area contributed by atoms with E-state index in [1.807, 2.05) is 6.07 Å². The van der Waals surface area contributed by atoms with Crippen molar-refractivity contribution in [2.24, 2.45) is 5.73 Å². The van der Waals surface area contributed by atoms with Gasteiger partial charge in [-0.1, -0.05) is 6.07 Å². The molecule has 1 aromatic rings. The summed E-state index contributed by atoms with van der Waals surface area (Å²) in [5, 5.41) is 0. The molecule has 1 aromatic carbocycles. The predicted octanol–water partition coefficient (Wildman–Crippen LogP) is 0.856. The number of nitrogens with zero attached hydrogens (tertiary/aromatic N) is 1. The molecule has 2 heterocycles. The molecule has 2 N–H and O–H groups in total. The zero-order valence-electron chi connectivity index (χ0n) is 11.2. The highest BCUT2D eigenvalue weighted by Crippen LogP contribution is 2.28. The molecule has 1 saturated heterocycles. The van der Waals surface area contributed by atoms with E-state index in [0.29, 0.717) is 12.6 Å². The molecular formula is C14H20N2O2S. The second-order valence-electron chi connectivity index (χ2n) is 5.48. The van der Waals surface area contributed by atoms with Crippen molar-refractivity contribution in [3.8, 4) is 0 Å². The SMILES string of the molecule is CS(=O)c1ccc2c(c1)CN(C1COC[C@@H](N)C1)C2. The third-order valence-electron chi connectivity index (χ3n) is 3.99. The third kappa shape index (κ3) is 2.74. The fourth-order valence-corrected chi connectivity index (χ4v) is 3.50. The van der Waals surface area contributed by atoms with Gasteiger partial charge in [0, 0.05) is 47.1 Å². The Morgan fingerprint density at radius 2 is 2.11 bits per heavy atom. The van der Waals surface area contributed by atoms with E-state index >= 15 is 0 Å². The van der Waals surface area contributed by atoms with Crippen LogP contribution in [0.25, 0.3) is 0 Å². The molecule has 0 spiro atoms. The van der Waals surface area contributed by atoms with Crippen LogP contribution in [-0.4, -0.2) is 40.7 Å². The fourth-order valence-electron chi connectivity index (χ4n) is 2.93. The quantitative estimate of drug-likeness (QED) is 0.873. The number of ether oxygens (including phenoxy) is 1. The summed E-state index contributed by atoms with van der Waals surface area (Å²) < 4.78 is 17.1. The first-order chi connectivity index (χ1) is 9.13. The van der Waals surface area contributed by atoms with E-state index in [0.717, 1.165) is 31.0 Å². The highest BCUT2D eigenvalue weighted by Gasteiger charge is 2.30. The van der Waals surface area contributed by atoms with Gasteiger partial charge in [0.05, 0.1) is 13.2 Å². The predicted molar refractivity (Wildman–Crippen MR) is 75.2 cm³/mol. The van der Waals surface area contributed by atoms with Crippen LogP contribution in [0.3, 0.4) is 0 Å². The Hall–Kier alpha value is -0.750. The molecule has 4 nitrogen and oxygen atoms in total. The van der Waals surface area contributed by atoms with E-state index in [9.17, 15) is 4.21 Å². The standard InChI is InChI=1S/C14H20N2O2S/c1-19(17)14-3-2-10-6-16(7-11(10)4-14)13-5-12(15)8-18-9-13/h2-4,12-13H,5-9,15H2,1H3/t12-,13?,19?/m0/s1. The first-order valence-corrected chi connectivity index (χ1v) is 8.22. The minimum atomic E-state index is -0.906. The van der Waals surface area contributed by atoms with Crippen molar-refractivity contribution in [1.82, 2.24) is 4.90 Å². The molecular weight excluding hydrogens is 260 g/mol. The highest BCUT2D eigenvalue weighted by molar-refractivity contribution is 7.84. The van der Waals surface area contributed by atoms with Gasteiger partial charge in [-0.25, -0.2) is 0 Å². The summed E-state index contributed by atoms with van der Waals surface area (Å²) in [5.41, 5.74) is 8.61. The number of hydrogen-bond donors (Lipinski definition) is 1. The Kier molecular flexibility index (Phi) is 3.71. The van der Waals surface area contributed by atoms with Crippen LogP contribution in [0.4, 0.5) is 0 Å². The second kappa shape index (κ2) is 5.32. The van der Waals surface area contributed by atoms with Gasteiger partial charge in [0.15, 0.2) is 0 Å². The molecule has 0 amide bonds. The van der Waals surface area contributed by atoms with Gasteiger partial charge in [-0.05, 0) is 29.7 Å². The lowest BCUT2D eigenvalue weighted by Crippen LogP contribution is -2.46. The molecule has 2 aliphatic heterocycles. The Morgan fingerprint density at radius 1 is 1.32 bits per heavy atom. The lowest BCUT2D eigenvalue weighted by Gasteiger charge is -2.33. The summed E-state index contributed by atoms with van der Waals surface area (Å²) in [6.07, 6.45) is 2.73. The van der Waals surface area contributed by atoms with Crippen LogP contribution in [0.1, 0.15) is 17.5 Å². The van der Waals surface area contributed by atoms with E-state index in [1.165, 1.54) is 11.1 Å².